The van der Waals surface area contributed by atoms with Gasteiger partial charge in [0.2, 0.25) is 5.89 Å². The van der Waals surface area contributed by atoms with Crippen LogP contribution in [0.1, 0.15) is 36.3 Å². The van der Waals surface area contributed by atoms with Gasteiger partial charge in [-0.2, -0.15) is 0 Å². The van der Waals surface area contributed by atoms with E-state index in [1.165, 1.54) is 0 Å². The second-order valence-corrected chi connectivity index (χ2v) is 10.6. The molecule has 1 aliphatic rings. The van der Waals surface area contributed by atoms with Gasteiger partial charge in [0.05, 0.1) is 11.4 Å². The Bertz CT molecular complexity index is 975. The van der Waals surface area contributed by atoms with Crippen LogP contribution >= 0.6 is 0 Å². The van der Waals surface area contributed by atoms with Gasteiger partial charge in [-0.3, -0.25) is 4.79 Å². The summed E-state index contributed by atoms with van der Waals surface area (Å²) in [5, 5.41) is 0. The van der Waals surface area contributed by atoms with Crippen molar-refractivity contribution in [3.8, 4) is 11.5 Å². The Balaban J connectivity index is 1.46. The molecule has 1 aromatic heterocycles. The van der Waals surface area contributed by atoms with Crippen LogP contribution in [0.25, 0.3) is 11.5 Å². The van der Waals surface area contributed by atoms with E-state index in [1.54, 1.807) is 6.92 Å². The fraction of sp³-hybridized carbons (Fsp3) is 0.565. The zero-order chi connectivity index (χ0) is 22.4. The quantitative estimate of drug-likeness (QED) is 0.518. The van der Waals surface area contributed by atoms with Gasteiger partial charge in [-0.25, -0.2) is 13.4 Å². The van der Waals surface area contributed by atoms with E-state index in [2.05, 4.69) is 21.8 Å². The van der Waals surface area contributed by atoms with E-state index < -0.39 is 15.6 Å². The first-order chi connectivity index (χ1) is 14.7. The van der Waals surface area contributed by atoms with E-state index in [-0.39, 0.29) is 11.5 Å². The second kappa shape index (κ2) is 10.5. The molecule has 0 saturated carbocycles. The normalized spacial score (nSPS) is 16.0. The van der Waals surface area contributed by atoms with Gasteiger partial charge in [0.15, 0.2) is 9.84 Å². The Kier molecular flexibility index (Phi) is 8.02. The molecule has 8 heteroatoms. The van der Waals surface area contributed by atoms with Crippen molar-refractivity contribution in [1.29, 1.82) is 0 Å². The van der Waals surface area contributed by atoms with Crippen LogP contribution in [0, 0.1) is 13.8 Å². The molecule has 7 nitrogen and oxygen atoms in total. The Hall–Kier alpha value is -2.03. The Labute approximate surface area is 185 Å². The van der Waals surface area contributed by atoms with Gasteiger partial charge in [0, 0.05) is 38.2 Å². The summed E-state index contributed by atoms with van der Waals surface area (Å²) >= 11 is 0. The van der Waals surface area contributed by atoms with Crippen molar-refractivity contribution in [2.45, 2.75) is 38.9 Å². The number of likely N-dealkylation sites (N-methyl/N-ethyl adjacent to an activating group) is 1. The molecule has 0 radical (unpaired) electrons. The summed E-state index contributed by atoms with van der Waals surface area (Å²) in [7, 11) is -1.46. The molecule has 1 fully saturated rings. The van der Waals surface area contributed by atoms with Crippen LogP contribution in [-0.2, 0) is 20.4 Å². The minimum Gasteiger partial charge on any atom is -0.441 e. The highest BCUT2D eigenvalue weighted by Gasteiger charge is 2.22. The number of piperazine rings is 1. The number of hydrogen-bond donors (Lipinski definition) is 0. The van der Waals surface area contributed by atoms with Gasteiger partial charge in [0.1, 0.15) is 17.3 Å². The molecule has 2 aromatic rings. The lowest BCUT2D eigenvalue weighted by atomic mass is 10.1. The molecule has 0 bridgehead atoms. The van der Waals surface area contributed by atoms with E-state index in [1.807, 2.05) is 31.2 Å². The first kappa shape index (κ1) is 23.6. The number of aromatic nitrogens is 1. The summed E-state index contributed by atoms with van der Waals surface area (Å²) in [6, 6.07) is 7.69. The fourth-order valence-electron chi connectivity index (χ4n) is 3.69. The number of sulfone groups is 1. The van der Waals surface area contributed by atoms with E-state index in [4.69, 9.17) is 4.42 Å². The molecule has 3 rings (SSSR count). The maximum atomic E-state index is 12.5. The van der Waals surface area contributed by atoms with Crippen molar-refractivity contribution in [1.82, 2.24) is 14.8 Å². The van der Waals surface area contributed by atoms with Gasteiger partial charge < -0.3 is 14.2 Å². The zero-order valence-corrected chi connectivity index (χ0v) is 19.6. The van der Waals surface area contributed by atoms with Crippen LogP contribution in [0.5, 0.6) is 0 Å². The number of nitrogens with zero attached hydrogens (tertiary/aromatic N) is 3. The van der Waals surface area contributed by atoms with Crippen molar-refractivity contribution in [3.05, 3.63) is 41.3 Å². The SMILES string of the molecule is Cc1ccc(-c2nc(CS(=O)(=O)CC(=O)CCCCN3CCN(C)CC3)c(C)o2)cc1. The molecule has 0 atom stereocenters. The number of benzene rings is 1. The van der Waals surface area contributed by atoms with Crippen molar-refractivity contribution >= 4 is 15.6 Å². The van der Waals surface area contributed by atoms with E-state index >= 15 is 0 Å². The number of Topliss-reactive ketones (excluding diaryl/α,β-unsaturated/α-hetero) is 1. The topological polar surface area (TPSA) is 83.7 Å². The molecule has 0 unspecified atom stereocenters. The van der Waals surface area contributed by atoms with Gasteiger partial charge in [-0.15, -0.1) is 0 Å². The summed E-state index contributed by atoms with van der Waals surface area (Å²) in [5.41, 5.74) is 2.30. The summed E-state index contributed by atoms with van der Waals surface area (Å²) in [5.74, 6) is -0.0652. The lowest BCUT2D eigenvalue weighted by molar-refractivity contribution is -0.116. The number of carbonyl (C=O) groups is 1. The minimum absolute atomic E-state index is 0.224. The summed E-state index contributed by atoms with van der Waals surface area (Å²) in [4.78, 5) is 21.3. The predicted octanol–water partition coefficient (Wildman–Crippen LogP) is 2.86. The van der Waals surface area contributed by atoms with E-state index in [9.17, 15) is 13.2 Å². The molecule has 2 heterocycles. The molecule has 0 aliphatic carbocycles. The van der Waals surface area contributed by atoms with Crippen molar-refractivity contribution in [2.75, 3.05) is 45.5 Å². The zero-order valence-electron chi connectivity index (χ0n) is 18.8. The van der Waals surface area contributed by atoms with Gasteiger partial charge >= 0.3 is 0 Å². The molecule has 0 amide bonds. The smallest absolute Gasteiger partial charge is 0.226 e. The highest BCUT2D eigenvalue weighted by molar-refractivity contribution is 7.91. The van der Waals surface area contributed by atoms with Gasteiger partial charge in [-0.1, -0.05) is 17.7 Å². The van der Waals surface area contributed by atoms with Crippen LogP contribution in [0.3, 0.4) is 0 Å². The highest BCUT2D eigenvalue weighted by atomic mass is 32.2. The summed E-state index contributed by atoms with van der Waals surface area (Å²) < 4.78 is 30.8. The first-order valence-corrected chi connectivity index (χ1v) is 12.7. The van der Waals surface area contributed by atoms with E-state index in [0.717, 1.165) is 56.7 Å². The maximum Gasteiger partial charge on any atom is 0.226 e. The molecule has 0 N–H and O–H groups in total. The van der Waals surface area contributed by atoms with Crippen LogP contribution in [0.15, 0.2) is 28.7 Å². The highest BCUT2D eigenvalue weighted by Crippen LogP contribution is 2.23. The van der Waals surface area contributed by atoms with Gasteiger partial charge in [-0.05, 0) is 52.4 Å². The van der Waals surface area contributed by atoms with E-state index in [0.29, 0.717) is 23.8 Å². The third-order valence-electron chi connectivity index (χ3n) is 5.70. The molecule has 1 aliphatic heterocycles. The lowest BCUT2D eigenvalue weighted by Gasteiger charge is -2.32. The molecule has 1 saturated heterocycles. The standard InChI is InChI=1S/C23H33N3O4S/c1-18-7-9-20(10-8-18)23-24-22(19(2)30-23)17-31(28,29)16-21(27)6-4-5-11-26-14-12-25(3)13-15-26/h7-10H,4-6,11-17H2,1-3H3. The molecule has 1 aromatic carbocycles. The monoisotopic (exact) mass is 447 g/mol. The average Bonchev–Trinajstić information content (AvgIpc) is 3.06. The Morgan fingerprint density at radius 2 is 1.74 bits per heavy atom. The molecule has 31 heavy (non-hydrogen) atoms. The number of hydrogen-bond acceptors (Lipinski definition) is 7. The van der Waals surface area contributed by atoms with Crippen LogP contribution in [-0.4, -0.2) is 74.5 Å². The number of carbonyl (C=O) groups excluding carboxylic acids is 1. The van der Waals surface area contributed by atoms with Crippen molar-refractivity contribution in [3.63, 3.8) is 0 Å². The van der Waals surface area contributed by atoms with Crippen molar-refractivity contribution < 1.29 is 17.6 Å². The maximum absolute atomic E-state index is 12.5. The Morgan fingerprint density at radius 1 is 1.06 bits per heavy atom. The summed E-state index contributed by atoms with van der Waals surface area (Å²) in [6.45, 7) is 8.92. The number of rotatable bonds is 10. The third kappa shape index (κ3) is 7.26. The lowest BCUT2D eigenvalue weighted by Crippen LogP contribution is -2.44. The number of ketones is 1. The van der Waals surface area contributed by atoms with Crippen LogP contribution in [0.2, 0.25) is 0 Å². The molecular formula is C23H33N3O4S. The van der Waals surface area contributed by atoms with Crippen LogP contribution in [0.4, 0.5) is 0 Å². The van der Waals surface area contributed by atoms with Crippen LogP contribution < -0.4 is 0 Å². The Morgan fingerprint density at radius 3 is 2.42 bits per heavy atom. The predicted molar refractivity (Wildman–Crippen MR) is 122 cm³/mol. The number of oxazole rings is 1. The first-order valence-electron chi connectivity index (χ1n) is 10.9. The third-order valence-corrected chi connectivity index (χ3v) is 7.18. The number of aryl methyl sites for hydroxylation is 2. The largest absolute Gasteiger partial charge is 0.441 e. The fourth-order valence-corrected chi connectivity index (χ4v) is 5.11. The number of unbranched alkanes of at least 4 members (excludes halogenated alkanes) is 1. The van der Waals surface area contributed by atoms with Crippen molar-refractivity contribution in [2.24, 2.45) is 0 Å². The molecule has 0 spiro atoms. The summed E-state index contributed by atoms with van der Waals surface area (Å²) in [6.07, 6.45) is 1.94. The molecule has 170 valence electrons. The second-order valence-electron chi connectivity index (χ2n) is 8.56. The van der Waals surface area contributed by atoms with Gasteiger partial charge in [0.25, 0.3) is 0 Å². The molecular weight excluding hydrogens is 414 g/mol. The average molecular weight is 448 g/mol. The minimum atomic E-state index is -3.58.